The minimum Gasteiger partial charge on any atom is -0.381 e. The third kappa shape index (κ3) is 5.18. The van der Waals surface area contributed by atoms with Crippen LogP contribution in [0.2, 0.25) is 0 Å². The van der Waals surface area contributed by atoms with Crippen molar-refractivity contribution in [2.24, 2.45) is 11.7 Å². The van der Waals surface area contributed by atoms with Crippen LogP contribution in [-0.4, -0.2) is 43.7 Å². The van der Waals surface area contributed by atoms with Gasteiger partial charge in [-0.25, -0.2) is 0 Å². The van der Waals surface area contributed by atoms with Crippen molar-refractivity contribution in [1.29, 1.82) is 0 Å². The lowest BCUT2D eigenvalue weighted by Crippen LogP contribution is -2.43. The van der Waals surface area contributed by atoms with Crippen LogP contribution >= 0.6 is 11.8 Å². The van der Waals surface area contributed by atoms with Crippen LogP contribution in [0.1, 0.15) is 19.3 Å². The molecule has 1 aliphatic heterocycles. The first-order chi connectivity index (χ1) is 7.74. The van der Waals surface area contributed by atoms with Gasteiger partial charge in [-0.1, -0.05) is 0 Å². The van der Waals surface area contributed by atoms with E-state index < -0.39 is 0 Å². The Bertz CT molecular complexity index is 208. The summed E-state index contributed by atoms with van der Waals surface area (Å²) < 4.78 is 5.27. The fourth-order valence-electron chi connectivity index (χ4n) is 1.70. The fraction of sp³-hybridized carbons (Fsp3) is 0.909. The lowest BCUT2D eigenvalue weighted by atomic mass is 10.0. The molecule has 0 aromatic heterocycles. The summed E-state index contributed by atoms with van der Waals surface area (Å²) in [5, 5.41) is 2.93. The molecule has 1 amide bonds. The van der Waals surface area contributed by atoms with Gasteiger partial charge < -0.3 is 15.8 Å². The van der Waals surface area contributed by atoms with Gasteiger partial charge in [-0.05, 0) is 37.2 Å². The number of ether oxygens (including phenoxy) is 1. The fourth-order valence-corrected chi connectivity index (χ4v) is 2.19. The van der Waals surface area contributed by atoms with Crippen LogP contribution in [-0.2, 0) is 9.53 Å². The van der Waals surface area contributed by atoms with E-state index in [1.54, 1.807) is 11.8 Å². The van der Waals surface area contributed by atoms with Crippen molar-refractivity contribution in [3.05, 3.63) is 0 Å². The number of carbonyl (C=O) groups excluding carboxylic acids is 1. The van der Waals surface area contributed by atoms with Gasteiger partial charge in [-0.15, -0.1) is 0 Å². The summed E-state index contributed by atoms with van der Waals surface area (Å²) in [4.78, 5) is 11.6. The summed E-state index contributed by atoms with van der Waals surface area (Å²) in [5.74, 6) is 1.48. The molecule has 1 aliphatic rings. The third-order valence-electron chi connectivity index (χ3n) is 2.88. The maximum atomic E-state index is 11.6. The van der Waals surface area contributed by atoms with Gasteiger partial charge >= 0.3 is 0 Å². The summed E-state index contributed by atoms with van der Waals surface area (Å²) in [6.45, 7) is 2.38. The van der Waals surface area contributed by atoms with Crippen LogP contribution in [0.4, 0.5) is 0 Å². The number of amides is 1. The van der Waals surface area contributed by atoms with Gasteiger partial charge in [0, 0.05) is 19.8 Å². The number of rotatable bonds is 6. The summed E-state index contributed by atoms with van der Waals surface area (Å²) in [6, 6.07) is -0.354. The van der Waals surface area contributed by atoms with E-state index in [1.165, 1.54) is 0 Å². The summed E-state index contributed by atoms with van der Waals surface area (Å²) in [6.07, 6.45) is 4.86. The molecule has 0 radical (unpaired) electrons. The third-order valence-corrected chi connectivity index (χ3v) is 3.52. The van der Waals surface area contributed by atoms with Crippen molar-refractivity contribution < 1.29 is 9.53 Å². The number of hydrogen-bond acceptors (Lipinski definition) is 4. The highest BCUT2D eigenvalue weighted by Crippen LogP contribution is 2.13. The molecule has 0 bridgehead atoms. The second kappa shape index (κ2) is 7.92. The number of nitrogens with two attached hydrogens (primary N) is 1. The van der Waals surface area contributed by atoms with E-state index in [9.17, 15) is 4.79 Å². The molecule has 16 heavy (non-hydrogen) atoms. The molecule has 1 rings (SSSR count). The predicted octanol–water partition coefficient (Wildman–Crippen LogP) is 0.610. The number of carbonyl (C=O) groups is 1. The predicted molar refractivity (Wildman–Crippen MR) is 67.5 cm³/mol. The quantitative estimate of drug-likeness (QED) is 0.721. The Morgan fingerprint density at radius 2 is 2.25 bits per heavy atom. The molecule has 0 aromatic rings. The average Bonchev–Trinajstić information content (AvgIpc) is 2.34. The molecule has 0 saturated carbocycles. The smallest absolute Gasteiger partial charge is 0.236 e. The summed E-state index contributed by atoms with van der Waals surface area (Å²) >= 11 is 1.72. The van der Waals surface area contributed by atoms with E-state index in [2.05, 4.69) is 5.32 Å². The monoisotopic (exact) mass is 246 g/mol. The minimum atomic E-state index is -0.354. The molecule has 1 saturated heterocycles. The first-order valence-electron chi connectivity index (χ1n) is 5.84. The topological polar surface area (TPSA) is 64.4 Å². The molecule has 1 atom stereocenters. The van der Waals surface area contributed by atoms with E-state index in [0.717, 1.165) is 44.8 Å². The van der Waals surface area contributed by atoms with Crippen molar-refractivity contribution in [3.63, 3.8) is 0 Å². The standard InChI is InChI=1S/C11H22N2O2S/c1-16-7-4-10(12)11(14)13-8-9-2-5-15-6-3-9/h9-10H,2-8,12H2,1H3,(H,13,14)/t10-/m1/s1. The number of nitrogens with one attached hydrogen (secondary N) is 1. The highest BCUT2D eigenvalue weighted by Gasteiger charge is 2.17. The molecular weight excluding hydrogens is 224 g/mol. The first-order valence-corrected chi connectivity index (χ1v) is 7.23. The Morgan fingerprint density at radius 3 is 2.88 bits per heavy atom. The van der Waals surface area contributed by atoms with Crippen LogP contribution < -0.4 is 11.1 Å². The van der Waals surface area contributed by atoms with Gasteiger partial charge in [0.25, 0.3) is 0 Å². The van der Waals surface area contributed by atoms with Crippen LogP contribution in [0.15, 0.2) is 0 Å². The Labute approximate surface area is 102 Å². The summed E-state index contributed by atoms with van der Waals surface area (Å²) in [7, 11) is 0. The zero-order valence-electron chi connectivity index (χ0n) is 9.91. The number of thioether (sulfide) groups is 1. The molecule has 3 N–H and O–H groups in total. The van der Waals surface area contributed by atoms with Crippen molar-refractivity contribution in [1.82, 2.24) is 5.32 Å². The van der Waals surface area contributed by atoms with Gasteiger partial charge in [0.15, 0.2) is 0 Å². The van der Waals surface area contributed by atoms with Gasteiger partial charge in [-0.3, -0.25) is 4.79 Å². The second-order valence-corrected chi connectivity index (χ2v) is 5.17. The molecule has 5 heteroatoms. The van der Waals surface area contributed by atoms with Gasteiger partial charge in [-0.2, -0.15) is 11.8 Å². The molecule has 94 valence electrons. The Kier molecular flexibility index (Phi) is 6.84. The molecule has 0 aliphatic carbocycles. The molecule has 0 aromatic carbocycles. The highest BCUT2D eigenvalue weighted by atomic mass is 32.2. The SMILES string of the molecule is CSCC[C@@H](N)C(=O)NCC1CCOCC1. The largest absolute Gasteiger partial charge is 0.381 e. The Hall–Kier alpha value is -0.260. The van der Waals surface area contributed by atoms with E-state index in [4.69, 9.17) is 10.5 Å². The first kappa shape index (κ1) is 13.8. The van der Waals surface area contributed by atoms with Gasteiger partial charge in [0.1, 0.15) is 0 Å². The maximum absolute atomic E-state index is 11.6. The van der Waals surface area contributed by atoms with Crippen LogP contribution in [0.3, 0.4) is 0 Å². The molecule has 1 heterocycles. The maximum Gasteiger partial charge on any atom is 0.236 e. The van der Waals surface area contributed by atoms with Crippen LogP contribution in [0, 0.1) is 5.92 Å². The van der Waals surface area contributed by atoms with Crippen LogP contribution in [0.5, 0.6) is 0 Å². The van der Waals surface area contributed by atoms with Crippen molar-refractivity contribution in [2.45, 2.75) is 25.3 Å². The molecule has 4 nitrogen and oxygen atoms in total. The molecular formula is C11H22N2O2S. The minimum absolute atomic E-state index is 0.0134. The molecule has 1 fully saturated rings. The normalized spacial score (nSPS) is 19.4. The van der Waals surface area contributed by atoms with Gasteiger partial charge in [0.05, 0.1) is 6.04 Å². The Balaban J connectivity index is 2.12. The van der Waals surface area contributed by atoms with Crippen molar-refractivity contribution in [2.75, 3.05) is 31.8 Å². The van der Waals surface area contributed by atoms with Crippen molar-refractivity contribution >= 4 is 17.7 Å². The highest BCUT2D eigenvalue weighted by molar-refractivity contribution is 7.98. The average molecular weight is 246 g/mol. The number of hydrogen-bond donors (Lipinski definition) is 2. The van der Waals surface area contributed by atoms with Gasteiger partial charge in [0.2, 0.25) is 5.91 Å². The van der Waals surface area contributed by atoms with Crippen molar-refractivity contribution in [3.8, 4) is 0 Å². The van der Waals surface area contributed by atoms with E-state index >= 15 is 0 Å². The Morgan fingerprint density at radius 1 is 1.56 bits per heavy atom. The lowest BCUT2D eigenvalue weighted by Gasteiger charge is -2.23. The van der Waals surface area contributed by atoms with E-state index in [0.29, 0.717) is 5.92 Å². The van der Waals surface area contributed by atoms with E-state index in [1.807, 2.05) is 6.26 Å². The zero-order valence-corrected chi connectivity index (χ0v) is 10.7. The second-order valence-electron chi connectivity index (χ2n) is 4.19. The zero-order chi connectivity index (χ0) is 11.8. The molecule has 0 spiro atoms. The van der Waals surface area contributed by atoms with E-state index in [-0.39, 0.29) is 11.9 Å². The molecule has 0 unspecified atom stereocenters. The summed E-state index contributed by atoms with van der Waals surface area (Å²) in [5.41, 5.74) is 5.77. The lowest BCUT2D eigenvalue weighted by molar-refractivity contribution is -0.122. The van der Waals surface area contributed by atoms with Crippen LogP contribution in [0.25, 0.3) is 0 Å².